The molecule has 2 fully saturated rings. The number of aliphatic hydroxyl groups is 2. The number of fused-ring (bicyclic) bond motifs is 1. The van der Waals surface area contributed by atoms with Crippen LogP contribution in [-0.4, -0.2) is 70.4 Å². The van der Waals surface area contributed by atoms with Gasteiger partial charge in [-0.25, -0.2) is 4.98 Å². The number of likely N-dealkylation sites (tertiary alicyclic amines) is 1. The van der Waals surface area contributed by atoms with Gasteiger partial charge in [0, 0.05) is 43.5 Å². The van der Waals surface area contributed by atoms with Crippen molar-refractivity contribution in [2.75, 3.05) is 13.1 Å². The number of benzene rings is 1. The smallest absolute Gasteiger partial charge is 0.389 e. The number of β-amino-alcohol motifs (C(OH)–C–C–N with tert-alkyl or cyclic N) is 2. The number of rotatable bonds is 6. The van der Waals surface area contributed by atoms with E-state index < -0.39 is 24.1 Å². The molecule has 1 saturated heterocycles. The maximum Gasteiger partial charge on any atom is 0.433 e. The summed E-state index contributed by atoms with van der Waals surface area (Å²) >= 11 is 0. The highest BCUT2D eigenvalue weighted by atomic mass is 19.4. The first-order chi connectivity index (χ1) is 18.2. The number of nitrogens with zero attached hydrogens (tertiary/aromatic N) is 6. The van der Waals surface area contributed by atoms with Gasteiger partial charge in [0.15, 0.2) is 0 Å². The molecule has 12 heteroatoms. The second-order valence-electron chi connectivity index (χ2n) is 10.4. The van der Waals surface area contributed by atoms with Gasteiger partial charge in [0.25, 0.3) is 0 Å². The topological polar surface area (TPSA) is 116 Å². The Kier molecular flexibility index (Phi) is 6.20. The lowest BCUT2D eigenvalue weighted by Crippen LogP contribution is -2.24. The standard InChI is InChI=1S/C26H28F3N7O2/c1-35-13-30-34-25(35)22(14-4-2-5-14)15-6-3-7-16(8-15)23-17-9-21(26(27,28)29)31-18(24(17)33-32-23)10-36-11-19(37)20(38)12-36/h3,6-9,13-14,19-20,22,37-38H,2,4-5,10-12H2,1H3,(H,32,33)/t19-,20+,22-/m1/s1. The van der Waals surface area contributed by atoms with Crippen molar-refractivity contribution >= 4 is 10.9 Å². The number of halogens is 3. The molecule has 1 aliphatic carbocycles. The van der Waals surface area contributed by atoms with Crippen molar-refractivity contribution in [2.24, 2.45) is 13.0 Å². The van der Waals surface area contributed by atoms with Gasteiger partial charge in [-0.15, -0.1) is 10.2 Å². The lowest BCUT2D eigenvalue weighted by molar-refractivity contribution is -0.141. The minimum atomic E-state index is -4.65. The van der Waals surface area contributed by atoms with Crippen molar-refractivity contribution in [1.82, 2.24) is 34.8 Å². The maximum absolute atomic E-state index is 13.9. The third kappa shape index (κ3) is 4.46. The summed E-state index contributed by atoms with van der Waals surface area (Å²) in [6.07, 6.45) is -1.55. The molecule has 2 aliphatic rings. The molecule has 3 atom stereocenters. The van der Waals surface area contributed by atoms with Crippen molar-refractivity contribution in [3.05, 3.63) is 59.4 Å². The van der Waals surface area contributed by atoms with Crippen LogP contribution in [0.4, 0.5) is 13.2 Å². The lowest BCUT2D eigenvalue weighted by atomic mass is 9.72. The number of pyridine rings is 1. The second-order valence-corrected chi connectivity index (χ2v) is 10.4. The van der Waals surface area contributed by atoms with E-state index in [0.29, 0.717) is 28.1 Å². The van der Waals surface area contributed by atoms with Crippen LogP contribution in [0.3, 0.4) is 0 Å². The normalized spacial score (nSPS) is 21.7. The van der Waals surface area contributed by atoms with Crippen LogP contribution in [0, 0.1) is 5.92 Å². The van der Waals surface area contributed by atoms with Crippen LogP contribution in [0.1, 0.15) is 48.0 Å². The molecular weight excluding hydrogens is 499 g/mol. The number of H-pyrrole nitrogens is 1. The molecular formula is C26H28F3N7O2. The molecule has 38 heavy (non-hydrogen) atoms. The van der Waals surface area contributed by atoms with Gasteiger partial charge < -0.3 is 14.8 Å². The molecule has 200 valence electrons. The van der Waals surface area contributed by atoms with E-state index in [4.69, 9.17) is 0 Å². The fraction of sp³-hybridized carbons (Fsp3) is 0.462. The van der Waals surface area contributed by atoms with Gasteiger partial charge in [-0.2, -0.15) is 18.3 Å². The molecule has 3 N–H and O–H groups in total. The molecule has 1 saturated carbocycles. The average molecular weight is 528 g/mol. The van der Waals surface area contributed by atoms with E-state index in [1.54, 1.807) is 11.2 Å². The van der Waals surface area contributed by atoms with Gasteiger partial charge in [0.1, 0.15) is 23.5 Å². The Hall–Kier alpha value is -3.35. The zero-order valence-corrected chi connectivity index (χ0v) is 20.7. The number of aromatic amines is 1. The summed E-state index contributed by atoms with van der Waals surface area (Å²) in [4.78, 5) is 5.59. The van der Waals surface area contributed by atoms with E-state index in [9.17, 15) is 23.4 Å². The summed E-state index contributed by atoms with van der Waals surface area (Å²) in [6.45, 7) is 0.328. The Balaban J connectivity index is 1.43. The number of aromatic nitrogens is 6. The van der Waals surface area contributed by atoms with Crippen LogP contribution in [0.15, 0.2) is 36.7 Å². The van der Waals surface area contributed by atoms with Crippen molar-refractivity contribution in [2.45, 2.75) is 50.1 Å². The first-order valence-corrected chi connectivity index (χ1v) is 12.7. The van der Waals surface area contributed by atoms with Gasteiger partial charge in [-0.05, 0) is 36.5 Å². The SMILES string of the molecule is Cn1cnnc1[C@@H](c1cccc(-c2n[nH]c3c(CN4C[C@@H](O)[C@@H](O)C4)nc(C(F)(F)F)cc23)c1)C1CCC1. The summed E-state index contributed by atoms with van der Waals surface area (Å²) in [5, 5.41) is 35.9. The Morgan fingerprint density at radius 2 is 1.89 bits per heavy atom. The summed E-state index contributed by atoms with van der Waals surface area (Å²) in [5.41, 5.74) is 1.67. The predicted octanol–water partition coefficient (Wildman–Crippen LogP) is 3.24. The Labute approximate surface area is 216 Å². The van der Waals surface area contributed by atoms with Crippen LogP contribution in [0.25, 0.3) is 22.2 Å². The fourth-order valence-electron chi connectivity index (χ4n) is 5.61. The first-order valence-electron chi connectivity index (χ1n) is 12.7. The maximum atomic E-state index is 13.9. The summed E-state index contributed by atoms with van der Waals surface area (Å²) in [7, 11) is 1.91. The highest BCUT2D eigenvalue weighted by Crippen LogP contribution is 2.43. The third-order valence-corrected chi connectivity index (χ3v) is 7.79. The monoisotopic (exact) mass is 527 g/mol. The van der Waals surface area contributed by atoms with Crippen LogP contribution in [-0.2, 0) is 19.8 Å². The first kappa shape index (κ1) is 25.0. The van der Waals surface area contributed by atoms with Crippen molar-refractivity contribution in [3.8, 4) is 11.3 Å². The number of nitrogens with one attached hydrogen (secondary N) is 1. The van der Waals surface area contributed by atoms with Crippen molar-refractivity contribution < 1.29 is 23.4 Å². The van der Waals surface area contributed by atoms with Gasteiger partial charge in [0.05, 0.1) is 23.4 Å². The zero-order chi connectivity index (χ0) is 26.6. The Morgan fingerprint density at radius 1 is 1.13 bits per heavy atom. The van der Waals surface area contributed by atoms with Gasteiger partial charge in [0.2, 0.25) is 0 Å². The van der Waals surface area contributed by atoms with E-state index in [-0.39, 0.29) is 31.2 Å². The van der Waals surface area contributed by atoms with Gasteiger partial charge in [-0.1, -0.05) is 24.6 Å². The summed E-state index contributed by atoms with van der Waals surface area (Å²) < 4.78 is 43.5. The van der Waals surface area contributed by atoms with Crippen molar-refractivity contribution in [1.29, 1.82) is 0 Å². The minimum Gasteiger partial charge on any atom is -0.389 e. The van der Waals surface area contributed by atoms with Crippen LogP contribution < -0.4 is 0 Å². The zero-order valence-electron chi connectivity index (χ0n) is 20.7. The molecule has 0 spiro atoms. The molecule has 4 heterocycles. The highest BCUT2D eigenvalue weighted by Gasteiger charge is 2.36. The molecule has 0 unspecified atom stereocenters. The molecule has 3 aromatic heterocycles. The number of aliphatic hydroxyl groups excluding tert-OH is 2. The average Bonchev–Trinajstić information content (AvgIpc) is 3.54. The van der Waals surface area contributed by atoms with E-state index in [0.717, 1.165) is 36.7 Å². The minimum absolute atomic E-state index is 0.0254. The molecule has 9 nitrogen and oxygen atoms in total. The Morgan fingerprint density at radius 3 is 2.53 bits per heavy atom. The van der Waals surface area contributed by atoms with E-state index >= 15 is 0 Å². The van der Waals surface area contributed by atoms with Crippen LogP contribution >= 0.6 is 0 Å². The Bertz CT molecular complexity index is 1450. The number of aryl methyl sites for hydroxylation is 1. The fourth-order valence-corrected chi connectivity index (χ4v) is 5.61. The quantitative estimate of drug-likeness (QED) is 0.353. The molecule has 0 radical (unpaired) electrons. The summed E-state index contributed by atoms with van der Waals surface area (Å²) in [5.74, 6) is 1.31. The highest BCUT2D eigenvalue weighted by molar-refractivity contribution is 5.94. The molecule has 6 rings (SSSR count). The van der Waals surface area contributed by atoms with E-state index in [1.165, 1.54) is 0 Å². The van der Waals surface area contributed by atoms with E-state index in [1.807, 2.05) is 35.9 Å². The molecule has 0 bridgehead atoms. The molecule has 4 aromatic rings. The van der Waals surface area contributed by atoms with Crippen molar-refractivity contribution in [3.63, 3.8) is 0 Å². The predicted molar refractivity (Wildman–Crippen MR) is 132 cm³/mol. The van der Waals surface area contributed by atoms with Gasteiger partial charge in [-0.3, -0.25) is 10.00 Å². The second kappa shape index (κ2) is 9.44. The summed E-state index contributed by atoms with van der Waals surface area (Å²) in [6, 6.07) is 8.77. The molecule has 1 aromatic carbocycles. The number of alkyl halides is 3. The molecule has 1 aliphatic heterocycles. The van der Waals surface area contributed by atoms with Crippen LogP contribution in [0.2, 0.25) is 0 Å². The number of hydrogen-bond acceptors (Lipinski definition) is 7. The lowest BCUT2D eigenvalue weighted by Gasteiger charge is -2.33. The molecule has 0 amide bonds. The largest absolute Gasteiger partial charge is 0.433 e. The van der Waals surface area contributed by atoms with Crippen LogP contribution in [0.5, 0.6) is 0 Å². The number of hydrogen-bond donors (Lipinski definition) is 3. The van der Waals surface area contributed by atoms with E-state index in [2.05, 4.69) is 25.4 Å². The third-order valence-electron chi connectivity index (χ3n) is 7.79. The van der Waals surface area contributed by atoms with Gasteiger partial charge >= 0.3 is 6.18 Å².